The minimum atomic E-state index is -0.532. The van der Waals surface area contributed by atoms with E-state index in [2.05, 4.69) is 0 Å². The number of amides is 3. The van der Waals surface area contributed by atoms with Crippen molar-refractivity contribution in [3.8, 4) is 0 Å². The zero-order valence-electron chi connectivity index (χ0n) is 11.0. The van der Waals surface area contributed by atoms with Gasteiger partial charge in [0.1, 0.15) is 0 Å². The highest BCUT2D eigenvalue weighted by Gasteiger charge is 2.27. The van der Waals surface area contributed by atoms with Gasteiger partial charge in [-0.1, -0.05) is 0 Å². The van der Waals surface area contributed by atoms with E-state index in [-0.39, 0.29) is 17.7 Å². The molecule has 20 heavy (non-hydrogen) atoms. The molecule has 1 aliphatic rings. The van der Waals surface area contributed by atoms with E-state index in [9.17, 15) is 14.4 Å². The van der Waals surface area contributed by atoms with Crippen molar-refractivity contribution in [2.24, 2.45) is 17.4 Å². The molecule has 106 valence electrons. The van der Waals surface area contributed by atoms with Crippen molar-refractivity contribution in [3.05, 3.63) is 35.4 Å². The van der Waals surface area contributed by atoms with Crippen molar-refractivity contribution in [2.45, 2.75) is 12.8 Å². The summed E-state index contributed by atoms with van der Waals surface area (Å²) >= 11 is 0. The molecule has 0 saturated carbocycles. The number of benzene rings is 1. The first-order valence-corrected chi connectivity index (χ1v) is 6.47. The van der Waals surface area contributed by atoms with Crippen LogP contribution in [0.4, 0.5) is 0 Å². The molecular weight excluding hydrogens is 258 g/mol. The van der Waals surface area contributed by atoms with E-state index in [4.69, 9.17) is 11.5 Å². The molecule has 1 aromatic rings. The highest BCUT2D eigenvalue weighted by Crippen LogP contribution is 2.18. The Morgan fingerprint density at radius 3 is 2.20 bits per heavy atom. The summed E-state index contributed by atoms with van der Waals surface area (Å²) in [4.78, 5) is 36.1. The molecule has 2 rings (SSSR count). The second kappa shape index (κ2) is 5.73. The van der Waals surface area contributed by atoms with Crippen molar-refractivity contribution >= 4 is 17.7 Å². The van der Waals surface area contributed by atoms with E-state index in [0.29, 0.717) is 24.2 Å². The van der Waals surface area contributed by atoms with Crippen molar-refractivity contribution < 1.29 is 14.4 Å². The molecule has 0 bridgehead atoms. The van der Waals surface area contributed by atoms with E-state index in [1.165, 1.54) is 12.1 Å². The van der Waals surface area contributed by atoms with E-state index in [1.807, 2.05) is 0 Å². The van der Waals surface area contributed by atoms with Gasteiger partial charge >= 0.3 is 0 Å². The molecule has 4 N–H and O–H groups in total. The van der Waals surface area contributed by atoms with E-state index < -0.39 is 5.91 Å². The van der Waals surface area contributed by atoms with Gasteiger partial charge in [-0.15, -0.1) is 0 Å². The maximum Gasteiger partial charge on any atom is 0.253 e. The predicted molar refractivity (Wildman–Crippen MR) is 72.8 cm³/mol. The zero-order chi connectivity index (χ0) is 14.7. The molecule has 6 heteroatoms. The van der Waals surface area contributed by atoms with Crippen LogP contribution >= 0.6 is 0 Å². The van der Waals surface area contributed by atoms with Crippen molar-refractivity contribution in [3.63, 3.8) is 0 Å². The molecule has 1 unspecified atom stereocenters. The maximum absolute atomic E-state index is 12.3. The first kappa shape index (κ1) is 14.0. The number of hydrogen-bond donors (Lipinski definition) is 2. The molecule has 6 nitrogen and oxygen atoms in total. The van der Waals surface area contributed by atoms with Crippen molar-refractivity contribution in [1.29, 1.82) is 0 Å². The lowest BCUT2D eigenvalue weighted by molar-refractivity contribution is -0.123. The van der Waals surface area contributed by atoms with E-state index >= 15 is 0 Å². The quantitative estimate of drug-likeness (QED) is 0.818. The molecule has 1 heterocycles. The lowest BCUT2D eigenvalue weighted by Crippen LogP contribution is -2.44. The Balaban J connectivity index is 2.10. The molecule has 3 amide bonds. The Morgan fingerprint density at radius 1 is 1.05 bits per heavy atom. The normalized spacial score (nSPS) is 18.6. The molecule has 1 fully saturated rings. The highest BCUT2D eigenvalue weighted by atomic mass is 16.2. The summed E-state index contributed by atoms with van der Waals surface area (Å²) < 4.78 is 0. The van der Waals surface area contributed by atoms with Gasteiger partial charge in [-0.25, -0.2) is 0 Å². The van der Waals surface area contributed by atoms with Gasteiger partial charge in [0.2, 0.25) is 11.8 Å². The van der Waals surface area contributed by atoms with Crippen LogP contribution in [0.3, 0.4) is 0 Å². The Morgan fingerprint density at radius 2 is 1.65 bits per heavy atom. The van der Waals surface area contributed by atoms with Crippen LogP contribution in [0.5, 0.6) is 0 Å². The van der Waals surface area contributed by atoms with Crippen LogP contribution in [0.25, 0.3) is 0 Å². The molecule has 1 saturated heterocycles. The third-order valence-electron chi connectivity index (χ3n) is 3.53. The lowest BCUT2D eigenvalue weighted by Gasteiger charge is -2.31. The topological polar surface area (TPSA) is 106 Å². The molecular formula is C14H17N3O3. The number of nitrogens with two attached hydrogens (primary N) is 2. The summed E-state index contributed by atoms with van der Waals surface area (Å²) in [6, 6.07) is 6.17. The van der Waals surface area contributed by atoms with Gasteiger partial charge in [0.05, 0.1) is 5.92 Å². The fraction of sp³-hybridized carbons (Fsp3) is 0.357. The maximum atomic E-state index is 12.3. The minimum absolute atomic E-state index is 0.160. The van der Waals surface area contributed by atoms with E-state index in [0.717, 1.165) is 12.8 Å². The molecule has 1 aliphatic heterocycles. The van der Waals surface area contributed by atoms with Crippen molar-refractivity contribution in [2.75, 3.05) is 13.1 Å². The standard InChI is InChI=1S/C14H17N3O3/c15-12(18)9-3-5-10(6-4-9)14(20)17-7-1-2-11(8-17)13(16)19/h3-6,11H,1-2,7-8H2,(H2,15,18)(H2,16,19). The Labute approximate surface area is 116 Å². The SMILES string of the molecule is NC(=O)c1ccc(C(=O)N2CCCC(C(N)=O)C2)cc1. The van der Waals surface area contributed by atoms with Gasteiger partial charge in [-0.2, -0.15) is 0 Å². The monoisotopic (exact) mass is 275 g/mol. The third kappa shape index (κ3) is 2.96. The molecule has 0 radical (unpaired) electrons. The number of carbonyl (C=O) groups excluding carboxylic acids is 3. The molecule has 1 aromatic carbocycles. The first-order chi connectivity index (χ1) is 9.49. The highest BCUT2D eigenvalue weighted by molar-refractivity contribution is 5.97. The second-order valence-corrected chi connectivity index (χ2v) is 4.93. The third-order valence-corrected chi connectivity index (χ3v) is 3.53. The minimum Gasteiger partial charge on any atom is -0.369 e. The molecule has 0 aromatic heterocycles. The summed E-state index contributed by atoms with van der Waals surface area (Å²) in [5.41, 5.74) is 11.3. The molecule has 0 spiro atoms. The molecule has 0 aliphatic carbocycles. The van der Waals surface area contributed by atoms with Crippen LogP contribution in [0.1, 0.15) is 33.6 Å². The van der Waals surface area contributed by atoms with Gasteiger partial charge in [-0.05, 0) is 37.1 Å². The van der Waals surface area contributed by atoms with E-state index in [1.54, 1.807) is 17.0 Å². The van der Waals surface area contributed by atoms with Gasteiger partial charge in [0, 0.05) is 24.2 Å². The van der Waals surface area contributed by atoms with Crippen LogP contribution in [0.2, 0.25) is 0 Å². The zero-order valence-corrected chi connectivity index (χ0v) is 11.0. The summed E-state index contributed by atoms with van der Waals surface area (Å²) in [5, 5.41) is 0. The summed E-state index contributed by atoms with van der Waals surface area (Å²) in [5.74, 6) is -1.34. The smallest absolute Gasteiger partial charge is 0.253 e. The predicted octanol–water partition coefficient (Wildman–Crippen LogP) is 0.123. The fourth-order valence-electron chi connectivity index (χ4n) is 2.35. The lowest BCUT2D eigenvalue weighted by atomic mass is 9.97. The van der Waals surface area contributed by atoms with Gasteiger partial charge in [0.15, 0.2) is 0 Å². The largest absolute Gasteiger partial charge is 0.369 e. The van der Waals surface area contributed by atoms with Gasteiger partial charge in [-0.3, -0.25) is 14.4 Å². The number of nitrogens with zero attached hydrogens (tertiary/aromatic N) is 1. The number of hydrogen-bond acceptors (Lipinski definition) is 3. The average molecular weight is 275 g/mol. The van der Waals surface area contributed by atoms with Crippen molar-refractivity contribution in [1.82, 2.24) is 4.90 Å². The number of rotatable bonds is 3. The Bertz CT molecular complexity index is 539. The van der Waals surface area contributed by atoms with Crippen LogP contribution < -0.4 is 11.5 Å². The summed E-state index contributed by atoms with van der Waals surface area (Å²) in [6.07, 6.45) is 1.48. The van der Waals surface area contributed by atoms with Crippen LogP contribution in [-0.2, 0) is 4.79 Å². The molecule has 1 atom stereocenters. The van der Waals surface area contributed by atoms with Gasteiger partial charge in [0.25, 0.3) is 5.91 Å². The number of piperidine rings is 1. The first-order valence-electron chi connectivity index (χ1n) is 6.47. The fourth-order valence-corrected chi connectivity index (χ4v) is 2.35. The number of likely N-dealkylation sites (tertiary alicyclic amines) is 1. The summed E-state index contributed by atoms with van der Waals surface area (Å²) in [7, 11) is 0. The van der Waals surface area contributed by atoms with Gasteiger partial charge < -0.3 is 16.4 Å². The Hall–Kier alpha value is -2.37. The summed E-state index contributed by atoms with van der Waals surface area (Å²) in [6.45, 7) is 0.964. The average Bonchev–Trinajstić information content (AvgIpc) is 2.46. The van der Waals surface area contributed by atoms with Crippen LogP contribution in [0, 0.1) is 5.92 Å². The van der Waals surface area contributed by atoms with Crippen LogP contribution in [0.15, 0.2) is 24.3 Å². The number of primary amides is 2. The Kier molecular flexibility index (Phi) is 4.02. The van der Waals surface area contributed by atoms with Crippen LogP contribution in [-0.4, -0.2) is 35.7 Å². The second-order valence-electron chi connectivity index (χ2n) is 4.93. The number of carbonyl (C=O) groups is 3.